The second-order valence-electron chi connectivity index (χ2n) is 6.73. The van der Waals surface area contributed by atoms with Gasteiger partial charge < -0.3 is 20.9 Å². The number of nitrogens with one attached hydrogen (secondary N) is 2. The maximum atomic E-state index is 12.8. The molecular formula is C19H18F3N5O. The number of H-pyrrole nitrogens is 1. The first kappa shape index (κ1) is 18.1. The van der Waals surface area contributed by atoms with E-state index in [0.717, 1.165) is 30.6 Å². The fraction of sp³-hybridized carbons (Fsp3) is 0.263. The molecule has 1 aromatic heterocycles. The number of aromatic nitrogens is 2. The van der Waals surface area contributed by atoms with Crippen molar-refractivity contribution in [3.8, 4) is 0 Å². The number of fused-ring (bicyclic) bond motifs is 2. The number of anilines is 3. The zero-order valence-corrected chi connectivity index (χ0v) is 14.8. The number of hydrogen-bond acceptors (Lipinski definition) is 4. The number of aromatic amines is 1. The molecule has 2 aromatic carbocycles. The molecule has 0 saturated carbocycles. The average molecular weight is 389 g/mol. The van der Waals surface area contributed by atoms with E-state index >= 15 is 0 Å². The van der Waals surface area contributed by atoms with Gasteiger partial charge in [0.25, 0.3) is 0 Å². The number of imidazole rings is 1. The van der Waals surface area contributed by atoms with Crippen molar-refractivity contribution in [2.45, 2.75) is 19.0 Å². The monoisotopic (exact) mass is 389 g/mol. The van der Waals surface area contributed by atoms with Gasteiger partial charge in [-0.25, -0.2) is 4.98 Å². The van der Waals surface area contributed by atoms with E-state index < -0.39 is 12.0 Å². The molecule has 1 aliphatic heterocycles. The number of carbonyl (C=O) groups is 1. The van der Waals surface area contributed by atoms with Gasteiger partial charge in [0.15, 0.2) is 0 Å². The molecule has 0 fully saturated rings. The number of amides is 1. The van der Waals surface area contributed by atoms with Crippen LogP contribution in [0.2, 0.25) is 0 Å². The van der Waals surface area contributed by atoms with Crippen molar-refractivity contribution in [3.63, 3.8) is 0 Å². The molecule has 0 radical (unpaired) electrons. The minimum atomic E-state index is -4.55. The summed E-state index contributed by atoms with van der Waals surface area (Å²) in [6, 6.07) is 10.0. The van der Waals surface area contributed by atoms with Crippen molar-refractivity contribution in [2.75, 3.05) is 29.0 Å². The highest BCUT2D eigenvalue weighted by atomic mass is 19.4. The number of alkyl halides is 3. The summed E-state index contributed by atoms with van der Waals surface area (Å²) in [4.78, 5) is 20.2. The second kappa shape index (κ2) is 6.74. The molecule has 0 aliphatic carbocycles. The van der Waals surface area contributed by atoms with E-state index in [1.54, 1.807) is 0 Å². The molecular weight excluding hydrogens is 371 g/mol. The molecule has 1 amide bonds. The van der Waals surface area contributed by atoms with E-state index in [4.69, 9.17) is 5.73 Å². The topological polar surface area (TPSA) is 87.0 Å². The number of carbonyl (C=O) groups excluding carboxylic acids is 1. The van der Waals surface area contributed by atoms with Gasteiger partial charge >= 0.3 is 6.18 Å². The maximum Gasteiger partial charge on any atom is 0.449 e. The smallest absolute Gasteiger partial charge is 0.398 e. The number of nitrogens with zero attached hydrogens (tertiary/aromatic N) is 2. The standard InChI is InChI=1S/C19H18F3N5O/c20-19(21,22)18-25-14-7-6-11(9-15(14)26-18)24-17(28)10-27-8-2-3-12-13(23)4-1-5-16(12)27/h1,4-7,9H,2-3,8,10,23H2,(H,24,28)(H,25,26). The summed E-state index contributed by atoms with van der Waals surface area (Å²) in [5, 5.41) is 2.73. The van der Waals surface area contributed by atoms with Gasteiger partial charge in [0.1, 0.15) is 0 Å². The number of nitrogen functional groups attached to an aromatic ring is 1. The predicted molar refractivity (Wildman–Crippen MR) is 101 cm³/mol. The van der Waals surface area contributed by atoms with Crippen LogP contribution < -0.4 is 16.0 Å². The Balaban J connectivity index is 1.50. The lowest BCUT2D eigenvalue weighted by atomic mass is 10.00. The van der Waals surface area contributed by atoms with Crippen LogP contribution in [0, 0.1) is 0 Å². The Kier molecular flexibility index (Phi) is 4.37. The SMILES string of the molecule is Nc1cccc2c1CCCN2CC(=O)Nc1ccc2nc(C(F)(F)F)[nH]c2c1. The number of rotatable bonds is 3. The molecule has 0 bridgehead atoms. The molecule has 0 saturated heterocycles. The molecule has 4 rings (SSSR count). The van der Waals surface area contributed by atoms with Gasteiger partial charge in [0.05, 0.1) is 17.6 Å². The fourth-order valence-electron chi connectivity index (χ4n) is 3.49. The summed E-state index contributed by atoms with van der Waals surface area (Å²) in [5.41, 5.74) is 9.53. The zero-order valence-electron chi connectivity index (χ0n) is 14.8. The Morgan fingerprint density at radius 1 is 1.29 bits per heavy atom. The Labute approximate surface area is 158 Å². The molecule has 9 heteroatoms. The van der Waals surface area contributed by atoms with Crippen molar-refractivity contribution in [1.29, 1.82) is 0 Å². The fourth-order valence-corrected chi connectivity index (χ4v) is 3.49. The molecule has 3 aromatic rings. The van der Waals surface area contributed by atoms with E-state index in [1.165, 1.54) is 18.2 Å². The van der Waals surface area contributed by atoms with Gasteiger partial charge in [-0.05, 0) is 48.7 Å². The first-order valence-corrected chi connectivity index (χ1v) is 8.80. The van der Waals surface area contributed by atoms with E-state index in [0.29, 0.717) is 11.4 Å². The molecule has 4 N–H and O–H groups in total. The van der Waals surface area contributed by atoms with E-state index in [2.05, 4.69) is 15.3 Å². The van der Waals surface area contributed by atoms with Crippen molar-refractivity contribution >= 4 is 34.0 Å². The minimum absolute atomic E-state index is 0.130. The normalized spacial score (nSPS) is 14.2. The summed E-state index contributed by atoms with van der Waals surface area (Å²) >= 11 is 0. The Morgan fingerprint density at radius 3 is 2.89 bits per heavy atom. The van der Waals surface area contributed by atoms with Crippen LogP contribution in [0.15, 0.2) is 36.4 Å². The average Bonchev–Trinajstić information content (AvgIpc) is 3.06. The van der Waals surface area contributed by atoms with Crippen molar-refractivity contribution < 1.29 is 18.0 Å². The highest BCUT2D eigenvalue weighted by molar-refractivity contribution is 5.96. The number of benzene rings is 2. The van der Waals surface area contributed by atoms with E-state index in [-0.39, 0.29) is 23.5 Å². The second-order valence-corrected chi connectivity index (χ2v) is 6.73. The Morgan fingerprint density at radius 2 is 2.11 bits per heavy atom. The van der Waals surface area contributed by atoms with Gasteiger partial charge in [-0.1, -0.05) is 6.07 Å². The number of hydrogen-bond donors (Lipinski definition) is 3. The van der Waals surface area contributed by atoms with Crippen LogP contribution in [-0.4, -0.2) is 29.0 Å². The highest BCUT2D eigenvalue weighted by Crippen LogP contribution is 2.31. The third-order valence-electron chi connectivity index (χ3n) is 4.75. The van der Waals surface area contributed by atoms with Crippen LogP contribution in [-0.2, 0) is 17.4 Å². The van der Waals surface area contributed by atoms with Crippen LogP contribution >= 0.6 is 0 Å². The van der Waals surface area contributed by atoms with Gasteiger partial charge in [0.2, 0.25) is 11.7 Å². The molecule has 0 atom stereocenters. The first-order chi connectivity index (χ1) is 13.3. The van der Waals surface area contributed by atoms with Crippen molar-refractivity contribution in [2.24, 2.45) is 0 Å². The van der Waals surface area contributed by atoms with Crippen LogP contribution in [0.4, 0.5) is 30.2 Å². The zero-order chi connectivity index (χ0) is 19.9. The molecule has 146 valence electrons. The minimum Gasteiger partial charge on any atom is -0.398 e. The van der Waals surface area contributed by atoms with Crippen LogP contribution in [0.1, 0.15) is 17.8 Å². The third kappa shape index (κ3) is 3.47. The van der Waals surface area contributed by atoms with Gasteiger partial charge in [-0.3, -0.25) is 4.79 Å². The van der Waals surface area contributed by atoms with Crippen LogP contribution in [0.3, 0.4) is 0 Å². The molecule has 1 aliphatic rings. The summed E-state index contributed by atoms with van der Waals surface area (Å²) < 4.78 is 38.3. The molecule has 0 unspecified atom stereocenters. The quantitative estimate of drug-likeness (QED) is 0.598. The Hall–Kier alpha value is -3.23. The lowest BCUT2D eigenvalue weighted by molar-refractivity contribution is -0.144. The predicted octanol–water partition coefficient (Wildman–Crippen LogP) is 3.56. The van der Waals surface area contributed by atoms with Crippen LogP contribution in [0.5, 0.6) is 0 Å². The molecule has 6 nitrogen and oxygen atoms in total. The molecule has 28 heavy (non-hydrogen) atoms. The molecule has 0 spiro atoms. The highest BCUT2D eigenvalue weighted by Gasteiger charge is 2.34. The number of halogens is 3. The lowest BCUT2D eigenvalue weighted by Crippen LogP contribution is -2.37. The first-order valence-electron chi connectivity index (χ1n) is 8.80. The Bertz CT molecular complexity index is 1040. The van der Waals surface area contributed by atoms with E-state index in [1.807, 2.05) is 23.1 Å². The van der Waals surface area contributed by atoms with Gasteiger partial charge in [-0.15, -0.1) is 0 Å². The van der Waals surface area contributed by atoms with Gasteiger partial charge in [-0.2, -0.15) is 13.2 Å². The van der Waals surface area contributed by atoms with Crippen LogP contribution in [0.25, 0.3) is 11.0 Å². The van der Waals surface area contributed by atoms with Crippen molar-refractivity contribution in [3.05, 3.63) is 47.8 Å². The summed E-state index contributed by atoms with van der Waals surface area (Å²) in [7, 11) is 0. The lowest BCUT2D eigenvalue weighted by Gasteiger charge is -2.31. The number of nitrogens with two attached hydrogens (primary N) is 1. The van der Waals surface area contributed by atoms with Crippen molar-refractivity contribution in [1.82, 2.24) is 9.97 Å². The largest absolute Gasteiger partial charge is 0.449 e. The van der Waals surface area contributed by atoms with E-state index in [9.17, 15) is 18.0 Å². The summed E-state index contributed by atoms with van der Waals surface area (Å²) in [6.45, 7) is 0.865. The molecule has 2 heterocycles. The van der Waals surface area contributed by atoms with Gasteiger partial charge in [0, 0.05) is 23.6 Å². The summed E-state index contributed by atoms with van der Waals surface area (Å²) in [6.07, 6.45) is -2.78. The third-order valence-corrected chi connectivity index (χ3v) is 4.75. The summed E-state index contributed by atoms with van der Waals surface area (Å²) in [5.74, 6) is -1.32. The maximum absolute atomic E-state index is 12.8.